The summed E-state index contributed by atoms with van der Waals surface area (Å²) in [7, 11) is 1.88. The Morgan fingerprint density at radius 1 is 1.61 bits per heavy atom. The molecule has 0 saturated heterocycles. The van der Waals surface area contributed by atoms with Gasteiger partial charge < -0.3 is 5.32 Å². The topological polar surface area (TPSA) is 48.7 Å². The van der Waals surface area contributed by atoms with Crippen LogP contribution in [0, 0.1) is 11.3 Å². The fraction of sp³-hybridized carbons (Fsp3) is 0.538. The van der Waals surface area contributed by atoms with Crippen LogP contribution in [-0.4, -0.2) is 22.8 Å². The van der Waals surface area contributed by atoms with Gasteiger partial charge >= 0.3 is 0 Å². The van der Waals surface area contributed by atoms with Crippen LogP contribution in [0.2, 0.25) is 0 Å². The first-order chi connectivity index (χ1) is 8.67. The molecule has 1 saturated carbocycles. The molecule has 1 aliphatic carbocycles. The molecule has 96 valence electrons. The molecule has 3 nitrogen and oxygen atoms in total. The van der Waals surface area contributed by atoms with E-state index in [2.05, 4.69) is 32.3 Å². The van der Waals surface area contributed by atoms with Gasteiger partial charge in [-0.05, 0) is 60.8 Å². The largest absolute Gasteiger partial charge is 0.302 e. The molecule has 0 aromatic carbocycles. The third kappa shape index (κ3) is 3.25. The number of nitriles is 1. The van der Waals surface area contributed by atoms with Gasteiger partial charge in [-0.15, -0.1) is 11.8 Å². The van der Waals surface area contributed by atoms with E-state index in [0.29, 0.717) is 5.25 Å². The smallest absolute Gasteiger partial charge is 0.107 e. The predicted molar refractivity (Wildman–Crippen MR) is 77.5 cm³/mol. The lowest BCUT2D eigenvalue weighted by Gasteiger charge is -2.34. The minimum atomic E-state index is -0.342. The van der Waals surface area contributed by atoms with Crippen LogP contribution in [0.4, 0.5) is 0 Å². The summed E-state index contributed by atoms with van der Waals surface area (Å²) in [6.45, 7) is 0. The average Bonchev–Trinajstić information content (AvgIpc) is 2.41. The van der Waals surface area contributed by atoms with E-state index >= 15 is 0 Å². The second kappa shape index (κ2) is 6.05. The molecule has 1 aromatic rings. The molecule has 2 unspecified atom stereocenters. The molecular formula is C13H16BrN3S. The van der Waals surface area contributed by atoms with E-state index in [1.165, 1.54) is 0 Å². The van der Waals surface area contributed by atoms with Crippen molar-refractivity contribution in [1.82, 2.24) is 10.3 Å². The van der Waals surface area contributed by atoms with Crippen molar-refractivity contribution >= 4 is 27.7 Å². The molecule has 2 rings (SSSR count). The van der Waals surface area contributed by atoms with Crippen molar-refractivity contribution in [2.45, 2.75) is 41.5 Å². The SMILES string of the molecule is CNC1(C#N)CCCC(Sc2ccc(Br)cn2)C1. The van der Waals surface area contributed by atoms with Gasteiger partial charge in [-0.1, -0.05) is 0 Å². The quantitative estimate of drug-likeness (QED) is 0.925. The highest BCUT2D eigenvalue weighted by Gasteiger charge is 2.35. The summed E-state index contributed by atoms with van der Waals surface area (Å²) >= 11 is 5.17. The number of pyridine rings is 1. The maximum absolute atomic E-state index is 9.32. The Kier molecular flexibility index (Phi) is 4.66. The molecule has 1 aromatic heterocycles. The molecule has 1 N–H and O–H groups in total. The fourth-order valence-electron chi connectivity index (χ4n) is 2.31. The van der Waals surface area contributed by atoms with Gasteiger partial charge in [0.05, 0.1) is 11.1 Å². The van der Waals surface area contributed by atoms with Crippen molar-refractivity contribution in [3.63, 3.8) is 0 Å². The van der Waals surface area contributed by atoms with Gasteiger partial charge in [-0.2, -0.15) is 5.26 Å². The lowest BCUT2D eigenvalue weighted by Crippen LogP contribution is -2.46. The highest BCUT2D eigenvalue weighted by molar-refractivity contribution is 9.10. The molecule has 1 fully saturated rings. The number of hydrogen-bond acceptors (Lipinski definition) is 4. The van der Waals surface area contributed by atoms with Crippen LogP contribution in [-0.2, 0) is 0 Å². The minimum absolute atomic E-state index is 0.342. The van der Waals surface area contributed by atoms with Crippen LogP contribution in [0.3, 0.4) is 0 Å². The summed E-state index contributed by atoms with van der Waals surface area (Å²) in [6, 6.07) is 6.47. The van der Waals surface area contributed by atoms with Crippen LogP contribution < -0.4 is 5.32 Å². The van der Waals surface area contributed by atoms with Crippen molar-refractivity contribution in [1.29, 1.82) is 5.26 Å². The Morgan fingerprint density at radius 3 is 3.06 bits per heavy atom. The van der Waals surface area contributed by atoms with Crippen LogP contribution >= 0.6 is 27.7 Å². The third-order valence-corrected chi connectivity index (χ3v) is 5.07. The zero-order valence-corrected chi connectivity index (χ0v) is 12.7. The van der Waals surface area contributed by atoms with Crippen LogP contribution in [0.25, 0.3) is 0 Å². The molecule has 0 amide bonds. The minimum Gasteiger partial charge on any atom is -0.302 e. The van der Waals surface area contributed by atoms with Gasteiger partial charge in [0.1, 0.15) is 5.54 Å². The van der Waals surface area contributed by atoms with Gasteiger partial charge in [-0.3, -0.25) is 0 Å². The number of nitrogens with zero attached hydrogens (tertiary/aromatic N) is 2. The van der Waals surface area contributed by atoms with Crippen LogP contribution in [0.5, 0.6) is 0 Å². The summed E-state index contributed by atoms with van der Waals surface area (Å²) in [5, 5.41) is 14.0. The van der Waals surface area contributed by atoms with Gasteiger partial charge in [0.25, 0.3) is 0 Å². The van der Waals surface area contributed by atoms with E-state index in [-0.39, 0.29) is 5.54 Å². The number of hydrogen-bond donors (Lipinski definition) is 1. The van der Waals surface area contributed by atoms with Crippen molar-refractivity contribution in [2.75, 3.05) is 7.05 Å². The summed E-state index contributed by atoms with van der Waals surface area (Å²) in [5.41, 5.74) is -0.342. The molecule has 0 spiro atoms. The predicted octanol–water partition coefficient (Wildman–Crippen LogP) is 3.36. The van der Waals surface area contributed by atoms with Crippen molar-refractivity contribution in [2.24, 2.45) is 0 Å². The fourth-order valence-corrected chi connectivity index (χ4v) is 3.80. The summed E-state index contributed by atoms with van der Waals surface area (Å²) in [5.74, 6) is 0. The van der Waals surface area contributed by atoms with E-state index in [1.54, 1.807) is 11.8 Å². The Morgan fingerprint density at radius 2 is 2.44 bits per heavy atom. The molecule has 1 aliphatic rings. The Labute approximate surface area is 120 Å². The molecule has 0 bridgehead atoms. The van der Waals surface area contributed by atoms with Crippen molar-refractivity contribution in [3.8, 4) is 6.07 Å². The first-order valence-corrected chi connectivity index (χ1v) is 7.73. The highest BCUT2D eigenvalue weighted by atomic mass is 79.9. The van der Waals surface area contributed by atoms with E-state index in [0.717, 1.165) is 35.2 Å². The first-order valence-electron chi connectivity index (χ1n) is 6.06. The second-order valence-electron chi connectivity index (χ2n) is 4.59. The Bertz CT molecular complexity index is 443. The molecule has 0 aliphatic heterocycles. The van der Waals surface area contributed by atoms with E-state index in [1.807, 2.05) is 25.4 Å². The van der Waals surface area contributed by atoms with E-state index in [4.69, 9.17) is 0 Å². The monoisotopic (exact) mass is 325 g/mol. The van der Waals surface area contributed by atoms with Crippen molar-refractivity contribution < 1.29 is 0 Å². The van der Waals surface area contributed by atoms with E-state index < -0.39 is 0 Å². The molecule has 18 heavy (non-hydrogen) atoms. The third-order valence-electron chi connectivity index (χ3n) is 3.39. The standard InChI is InChI=1S/C13H16BrN3S/c1-16-13(9-15)6-2-3-11(7-13)18-12-5-4-10(14)8-17-12/h4-5,8,11,16H,2-3,6-7H2,1H3. The second-order valence-corrected chi connectivity index (χ2v) is 6.83. The Hall–Kier alpha value is -0.570. The number of aromatic nitrogens is 1. The molecule has 1 heterocycles. The van der Waals surface area contributed by atoms with Gasteiger partial charge in [0, 0.05) is 15.9 Å². The van der Waals surface area contributed by atoms with Gasteiger partial charge in [0.2, 0.25) is 0 Å². The first kappa shape index (κ1) is 13.9. The molecular weight excluding hydrogens is 310 g/mol. The normalized spacial score (nSPS) is 27.7. The van der Waals surface area contributed by atoms with Gasteiger partial charge in [-0.25, -0.2) is 4.98 Å². The maximum Gasteiger partial charge on any atom is 0.107 e. The number of halogens is 1. The number of rotatable bonds is 3. The zero-order valence-electron chi connectivity index (χ0n) is 10.3. The summed E-state index contributed by atoms with van der Waals surface area (Å²) < 4.78 is 0.997. The Balaban J connectivity index is 2.02. The molecule has 2 atom stereocenters. The molecule has 0 radical (unpaired) electrons. The summed E-state index contributed by atoms with van der Waals surface area (Å²) in [4.78, 5) is 4.38. The molecule has 5 heteroatoms. The zero-order chi connectivity index (χ0) is 13.0. The lowest BCUT2D eigenvalue weighted by molar-refractivity contribution is 0.323. The lowest BCUT2D eigenvalue weighted by atomic mass is 9.83. The van der Waals surface area contributed by atoms with Crippen LogP contribution in [0.1, 0.15) is 25.7 Å². The van der Waals surface area contributed by atoms with Gasteiger partial charge in [0.15, 0.2) is 0 Å². The number of nitrogens with one attached hydrogen (secondary N) is 1. The summed E-state index contributed by atoms with van der Waals surface area (Å²) in [6.07, 6.45) is 5.92. The number of thioether (sulfide) groups is 1. The highest BCUT2D eigenvalue weighted by Crippen LogP contribution is 2.37. The van der Waals surface area contributed by atoms with E-state index in [9.17, 15) is 5.26 Å². The van der Waals surface area contributed by atoms with Crippen molar-refractivity contribution in [3.05, 3.63) is 22.8 Å². The maximum atomic E-state index is 9.32. The van der Waals surface area contributed by atoms with Crippen LogP contribution in [0.15, 0.2) is 27.8 Å². The average molecular weight is 326 g/mol.